The van der Waals surface area contributed by atoms with Gasteiger partial charge in [0.05, 0.1) is 21.4 Å². The number of carbonyl (C=O) groups excluding carboxylic acids is 1. The first-order valence-corrected chi connectivity index (χ1v) is 9.43. The zero-order chi connectivity index (χ0) is 18.6. The van der Waals surface area contributed by atoms with E-state index in [1.807, 2.05) is 0 Å². The van der Waals surface area contributed by atoms with Gasteiger partial charge >= 0.3 is 0 Å². The summed E-state index contributed by atoms with van der Waals surface area (Å²) in [6.07, 6.45) is 0. The summed E-state index contributed by atoms with van der Waals surface area (Å²) in [7, 11) is -3.71. The Balaban J connectivity index is 2.03. The maximum absolute atomic E-state index is 12.1. The van der Waals surface area contributed by atoms with Gasteiger partial charge in [0.2, 0.25) is 5.91 Å². The molecule has 0 saturated heterocycles. The second-order valence-electron chi connectivity index (χ2n) is 5.13. The van der Waals surface area contributed by atoms with Gasteiger partial charge in [0, 0.05) is 17.2 Å². The molecule has 0 fully saturated rings. The Morgan fingerprint density at radius 2 is 1.76 bits per heavy atom. The molecule has 0 radical (unpaired) electrons. The molecule has 0 atom stereocenters. The highest BCUT2D eigenvalue weighted by Crippen LogP contribution is 2.26. The molecule has 0 saturated carbocycles. The van der Waals surface area contributed by atoms with Gasteiger partial charge in [-0.25, -0.2) is 8.42 Å². The average molecular weight is 403 g/mol. The quantitative estimate of drug-likeness (QED) is 0.587. The lowest BCUT2D eigenvalue weighted by atomic mass is 10.2. The molecule has 10 heteroatoms. The number of non-ortho nitro benzene ring substituents is 1. The van der Waals surface area contributed by atoms with Crippen molar-refractivity contribution in [3.63, 3.8) is 0 Å². The molecule has 0 aromatic heterocycles. The van der Waals surface area contributed by atoms with Crippen molar-refractivity contribution in [3.05, 3.63) is 68.2 Å². The zero-order valence-corrected chi connectivity index (χ0v) is 14.9. The summed E-state index contributed by atoms with van der Waals surface area (Å²) in [4.78, 5) is 21.9. The van der Waals surface area contributed by atoms with Crippen LogP contribution in [0.4, 0.5) is 11.4 Å². The summed E-state index contributed by atoms with van der Waals surface area (Å²) in [5.41, 5.74) is 0.364. The highest BCUT2D eigenvalue weighted by atomic mass is 35.5. The lowest BCUT2D eigenvalue weighted by Crippen LogP contribution is -2.24. The predicted octanol–water partition coefficient (Wildman–Crippen LogP) is 3.46. The molecule has 2 rings (SSSR count). The number of sulfone groups is 1. The van der Waals surface area contributed by atoms with E-state index >= 15 is 0 Å². The molecule has 2 aromatic carbocycles. The maximum Gasteiger partial charge on any atom is 0.271 e. The topological polar surface area (TPSA) is 106 Å². The molecule has 0 aliphatic heterocycles. The van der Waals surface area contributed by atoms with Crippen molar-refractivity contribution in [1.82, 2.24) is 0 Å². The smallest absolute Gasteiger partial charge is 0.271 e. The number of benzene rings is 2. The van der Waals surface area contributed by atoms with Crippen LogP contribution in [-0.4, -0.2) is 25.0 Å². The lowest BCUT2D eigenvalue weighted by molar-refractivity contribution is -0.384. The number of carbonyl (C=O) groups is 1. The molecule has 0 aliphatic rings. The third kappa shape index (κ3) is 5.70. The highest BCUT2D eigenvalue weighted by molar-refractivity contribution is 7.91. The van der Waals surface area contributed by atoms with Crippen LogP contribution < -0.4 is 5.32 Å². The lowest BCUT2D eigenvalue weighted by Gasteiger charge is -2.08. The third-order valence-corrected chi connectivity index (χ3v) is 5.13. The molecule has 132 valence electrons. The first-order chi connectivity index (χ1) is 11.7. The Hall–Kier alpha value is -2.16. The van der Waals surface area contributed by atoms with E-state index in [1.165, 1.54) is 6.07 Å². The monoisotopic (exact) mass is 402 g/mol. The maximum atomic E-state index is 12.1. The normalized spacial score (nSPS) is 11.1. The number of hydrogen-bond acceptors (Lipinski definition) is 5. The van der Waals surface area contributed by atoms with E-state index in [2.05, 4.69) is 5.32 Å². The average Bonchev–Trinajstić information content (AvgIpc) is 2.50. The Morgan fingerprint density at radius 1 is 1.12 bits per heavy atom. The number of amides is 1. The van der Waals surface area contributed by atoms with E-state index in [-0.39, 0.29) is 22.2 Å². The minimum atomic E-state index is -3.71. The van der Waals surface area contributed by atoms with Crippen LogP contribution in [0.25, 0.3) is 0 Å². The number of nitrogens with one attached hydrogen (secondary N) is 1. The molecule has 1 N–H and O–H groups in total. The van der Waals surface area contributed by atoms with Crippen LogP contribution in [0.15, 0.2) is 42.5 Å². The van der Waals surface area contributed by atoms with Gasteiger partial charge in [0.25, 0.3) is 5.69 Å². The standard InChI is InChI=1S/C15H12Cl2N2O5S/c16-11-3-1-10(2-4-11)8-25(23,24)9-15(20)18-14-6-5-12(19(21)22)7-13(14)17/h1-7H,8-9H2,(H,18,20). The van der Waals surface area contributed by atoms with Crippen LogP contribution in [0.2, 0.25) is 10.0 Å². The van der Waals surface area contributed by atoms with E-state index in [9.17, 15) is 23.3 Å². The van der Waals surface area contributed by atoms with Crippen molar-refractivity contribution in [2.45, 2.75) is 5.75 Å². The summed E-state index contributed by atoms with van der Waals surface area (Å²) in [5, 5.41) is 13.4. The van der Waals surface area contributed by atoms with E-state index in [0.29, 0.717) is 10.6 Å². The largest absolute Gasteiger partial charge is 0.324 e. The first-order valence-electron chi connectivity index (χ1n) is 6.85. The minimum Gasteiger partial charge on any atom is -0.324 e. The summed E-state index contributed by atoms with van der Waals surface area (Å²) < 4.78 is 24.2. The number of nitrogens with zero attached hydrogens (tertiary/aromatic N) is 1. The van der Waals surface area contributed by atoms with Gasteiger partial charge in [0.1, 0.15) is 5.75 Å². The summed E-state index contributed by atoms with van der Waals surface area (Å²) in [5.74, 6) is -1.85. The number of nitro benzene ring substituents is 1. The van der Waals surface area contributed by atoms with Crippen molar-refractivity contribution < 1.29 is 18.1 Å². The van der Waals surface area contributed by atoms with Gasteiger partial charge in [-0.3, -0.25) is 14.9 Å². The fourth-order valence-corrected chi connectivity index (χ4v) is 3.61. The van der Waals surface area contributed by atoms with Gasteiger partial charge in [-0.1, -0.05) is 35.3 Å². The van der Waals surface area contributed by atoms with Crippen LogP contribution >= 0.6 is 23.2 Å². The van der Waals surface area contributed by atoms with Crippen molar-refractivity contribution >= 4 is 50.3 Å². The second kappa shape index (κ2) is 7.81. The van der Waals surface area contributed by atoms with E-state index in [4.69, 9.17) is 23.2 Å². The molecule has 25 heavy (non-hydrogen) atoms. The van der Waals surface area contributed by atoms with E-state index in [1.54, 1.807) is 24.3 Å². The molecule has 0 heterocycles. The van der Waals surface area contributed by atoms with Gasteiger partial charge < -0.3 is 5.32 Å². The number of nitro groups is 1. The molecule has 7 nitrogen and oxygen atoms in total. The molecular weight excluding hydrogens is 391 g/mol. The van der Waals surface area contributed by atoms with Crippen LogP contribution in [0.5, 0.6) is 0 Å². The first kappa shape index (κ1) is 19.2. The summed E-state index contributed by atoms with van der Waals surface area (Å²) in [6, 6.07) is 9.70. The van der Waals surface area contributed by atoms with E-state index < -0.39 is 26.4 Å². The Kier molecular flexibility index (Phi) is 5.99. The number of hydrogen-bond donors (Lipinski definition) is 1. The van der Waals surface area contributed by atoms with Crippen LogP contribution in [0, 0.1) is 10.1 Å². The number of anilines is 1. The van der Waals surface area contributed by atoms with Gasteiger partial charge in [-0.15, -0.1) is 0 Å². The number of rotatable bonds is 6. The second-order valence-corrected chi connectivity index (χ2v) is 8.04. The third-order valence-electron chi connectivity index (χ3n) is 3.09. The fourth-order valence-electron chi connectivity index (χ4n) is 1.99. The minimum absolute atomic E-state index is 0.0577. The van der Waals surface area contributed by atoms with Crippen LogP contribution in [0.3, 0.4) is 0 Å². The molecule has 1 amide bonds. The molecule has 0 spiro atoms. The molecule has 0 bridgehead atoms. The van der Waals surface area contributed by atoms with Crippen molar-refractivity contribution in [2.75, 3.05) is 11.1 Å². The SMILES string of the molecule is O=C(CS(=O)(=O)Cc1ccc(Cl)cc1)Nc1ccc([N+](=O)[O-])cc1Cl. The Morgan fingerprint density at radius 3 is 2.32 bits per heavy atom. The molecular formula is C15H12Cl2N2O5S. The fraction of sp³-hybridized carbons (Fsp3) is 0.133. The Labute approximate surface area is 153 Å². The molecule has 0 unspecified atom stereocenters. The van der Waals surface area contributed by atoms with Gasteiger partial charge in [-0.05, 0) is 23.8 Å². The highest BCUT2D eigenvalue weighted by Gasteiger charge is 2.19. The van der Waals surface area contributed by atoms with Crippen molar-refractivity contribution in [2.24, 2.45) is 0 Å². The van der Waals surface area contributed by atoms with Gasteiger partial charge in [-0.2, -0.15) is 0 Å². The molecule has 0 aliphatic carbocycles. The Bertz CT molecular complexity index is 914. The van der Waals surface area contributed by atoms with Crippen LogP contribution in [0.1, 0.15) is 5.56 Å². The number of halogens is 2. The van der Waals surface area contributed by atoms with Gasteiger partial charge in [0.15, 0.2) is 9.84 Å². The zero-order valence-electron chi connectivity index (χ0n) is 12.6. The van der Waals surface area contributed by atoms with Crippen molar-refractivity contribution in [1.29, 1.82) is 0 Å². The summed E-state index contributed by atoms with van der Waals surface area (Å²) >= 11 is 11.6. The van der Waals surface area contributed by atoms with Crippen molar-refractivity contribution in [3.8, 4) is 0 Å². The van der Waals surface area contributed by atoms with E-state index in [0.717, 1.165) is 12.1 Å². The van der Waals surface area contributed by atoms with Crippen LogP contribution in [-0.2, 0) is 20.4 Å². The summed E-state index contributed by atoms with van der Waals surface area (Å²) in [6.45, 7) is 0. The molecule has 2 aromatic rings. The predicted molar refractivity (Wildman–Crippen MR) is 95.7 cm³/mol.